The van der Waals surface area contributed by atoms with E-state index < -0.39 is 0 Å². The lowest BCUT2D eigenvalue weighted by molar-refractivity contribution is 0.613. The van der Waals surface area contributed by atoms with Gasteiger partial charge in [0.25, 0.3) is 0 Å². The van der Waals surface area contributed by atoms with Crippen LogP contribution in [0.1, 0.15) is 24.0 Å². The van der Waals surface area contributed by atoms with Crippen molar-refractivity contribution in [3.63, 3.8) is 0 Å². The van der Waals surface area contributed by atoms with Crippen molar-refractivity contribution in [2.75, 3.05) is 5.32 Å². The zero-order valence-electron chi connectivity index (χ0n) is 16.3. The number of halogens is 2. The highest BCUT2D eigenvalue weighted by Crippen LogP contribution is 2.43. The minimum Gasteiger partial charge on any atom is -0.379 e. The van der Waals surface area contributed by atoms with Crippen molar-refractivity contribution < 1.29 is 4.39 Å². The summed E-state index contributed by atoms with van der Waals surface area (Å²) in [5.74, 6) is -0.242. The minimum absolute atomic E-state index is 0.136. The molecule has 0 spiro atoms. The number of nitrogens with zero attached hydrogens (tertiary/aromatic N) is 1. The molecular weight excluding hydrogens is 397 g/mol. The molecule has 0 atom stereocenters. The third-order valence-corrected chi connectivity index (χ3v) is 6.10. The maximum Gasteiger partial charge on any atom is 0.128 e. The largest absolute Gasteiger partial charge is 0.379 e. The summed E-state index contributed by atoms with van der Waals surface area (Å²) in [5, 5.41) is 4.71. The Morgan fingerprint density at radius 2 is 1.73 bits per heavy atom. The van der Waals surface area contributed by atoms with E-state index in [2.05, 4.69) is 40.6 Å². The summed E-state index contributed by atoms with van der Waals surface area (Å²) < 4.78 is 14.0. The van der Waals surface area contributed by atoms with E-state index in [4.69, 9.17) is 17.3 Å². The van der Waals surface area contributed by atoms with Crippen LogP contribution in [0.25, 0.3) is 22.0 Å². The second kappa shape index (κ2) is 7.38. The molecule has 150 valence electrons. The summed E-state index contributed by atoms with van der Waals surface area (Å²) in [7, 11) is 0. The fourth-order valence-corrected chi connectivity index (χ4v) is 3.99. The molecular formula is C25H21ClFN3. The summed E-state index contributed by atoms with van der Waals surface area (Å²) in [6, 6.07) is 21.3. The summed E-state index contributed by atoms with van der Waals surface area (Å²) in [5.41, 5.74) is 11.7. The molecule has 3 nitrogen and oxygen atoms in total. The maximum atomic E-state index is 14.0. The first-order chi connectivity index (χ1) is 14.5. The van der Waals surface area contributed by atoms with Gasteiger partial charge in [0.2, 0.25) is 0 Å². The van der Waals surface area contributed by atoms with Crippen molar-refractivity contribution in [3.8, 4) is 11.1 Å². The smallest absolute Gasteiger partial charge is 0.128 e. The number of rotatable bonds is 5. The van der Waals surface area contributed by atoms with Gasteiger partial charge < -0.3 is 11.1 Å². The molecule has 3 aromatic carbocycles. The number of aromatic nitrogens is 1. The zero-order chi connectivity index (χ0) is 20.7. The van der Waals surface area contributed by atoms with Gasteiger partial charge in [0, 0.05) is 29.2 Å². The average molecular weight is 418 g/mol. The highest BCUT2D eigenvalue weighted by molar-refractivity contribution is 6.34. The molecule has 5 rings (SSSR count). The summed E-state index contributed by atoms with van der Waals surface area (Å²) in [4.78, 5) is 4.44. The molecule has 0 saturated heterocycles. The van der Waals surface area contributed by atoms with E-state index in [1.807, 2.05) is 18.2 Å². The van der Waals surface area contributed by atoms with E-state index in [1.54, 1.807) is 18.3 Å². The summed E-state index contributed by atoms with van der Waals surface area (Å²) >= 11 is 6.45. The van der Waals surface area contributed by atoms with Crippen LogP contribution in [0.3, 0.4) is 0 Å². The quantitative estimate of drug-likeness (QED) is 0.403. The van der Waals surface area contributed by atoms with Crippen molar-refractivity contribution in [2.45, 2.75) is 24.9 Å². The first-order valence-corrected chi connectivity index (χ1v) is 10.4. The fourth-order valence-electron chi connectivity index (χ4n) is 3.77. The van der Waals surface area contributed by atoms with Gasteiger partial charge in [-0.2, -0.15) is 0 Å². The Labute approximate surface area is 179 Å². The number of fused-ring (bicyclic) bond motifs is 1. The number of hydrogen-bond acceptors (Lipinski definition) is 3. The number of pyridine rings is 1. The molecule has 1 fully saturated rings. The summed E-state index contributed by atoms with van der Waals surface area (Å²) in [6.45, 7) is 0.336. The molecule has 30 heavy (non-hydrogen) atoms. The van der Waals surface area contributed by atoms with Gasteiger partial charge in [-0.3, -0.25) is 4.98 Å². The Kier molecular flexibility index (Phi) is 4.69. The van der Waals surface area contributed by atoms with Gasteiger partial charge in [-0.1, -0.05) is 60.1 Å². The Balaban J connectivity index is 1.50. The molecule has 1 aromatic heterocycles. The SMILES string of the molecule is NC1(c2ccc(-c3ccc4ncc(Cl)c(NCc5ccccc5F)c4c3)cc2)CC1. The molecule has 0 bridgehead atoms. The van der Waals surface area contributed by atoms with Gasteiger partial charge in [0.15, 0.2) is 0 Å². The maximum absolute atomic E-state index is 14.0. The number of nitrogens with one attached hydrogen (secondary N) is 1. The second-order valence-corrected chi connectivity index (χ2v) is 8.30. The third-order valence-electron chi connectivity index (χ3n) is 5.82. The van der Waals surface area contributed by atoms with E-state index in [1.165, 1.54) is 11.6 Å². The minimum atomic E-state index is -0.242. The van der Waals surface area contributed by atoms with Crippen molar-refractivity contribution in [1.82, 2.24) is 4.98 Å². The molecule has 1 saturated carbocycles. The van der Waals surface area contributed by atoms with Gasteiger partial charge in [-0.25, -0.2) is 4.39 Å². The molecule has 1 heterocycles. The van der Waals surface area contributed by atoms with E-state index in [0.717, 1.165) is 40.6 Å². The highest BCUT2D eigenvalue weighted by Gasteiger charge is 2.39. The van der Waals surface area contributed by atoms with Crippen LogP contribution in [0.2, 0.25) is 5.02 Å². The van der Waals surface area contributed by atoms with Gasteiger partial charge in [-0.05, 0) is 47.7 Å². The van der Waals surface area contributed by atoms with E-state index >= 15 is 0 Å². The molecule has 0 amide bonds. The lowest BCUT2D eigenvalue weighted by Crippen LogP contribution is -2.18. The fraction of sp³-hybridized carbons (Fsp3) is 0.160. The molecule has 1 aliphatic carbocycles. The van der Waals surface area contributed by atoms with Crippen molar-refractivity contribution >= 4 is 28.2 Å². The highest BCUT2D eigenvalue weighted by atomic mass is 35.5. The van der Waals surface area contributed by atoms with E-state index in [-0.39, 0.29) is 11.4 Å². The Bertz CT molecular complexity index is 1230. The summed E-state index contributed by atoms with van der Waals surface area (Å²) in [6.07, 6.45) is 3.71. The molecule has 1 aliphatic rings. The van der Waals surface area contributed by atoms with Gasteiger partial charge in [0.1, 0.15) is 5.82 Å². The van der Waals surface area contributed by atoms with Gasteiger partial charge >= 0.3 is 0 Å². The lowest BCUT2D eigenvalue weighted by atomic mass is 9.98. The van der Waals surface area contributed by atoms with Gasteiger partial charge in [0.05, 0.1) is 16.2 Å². The zero-order valence-corrected chi connectivity index (χ0v) is 17.1. The van der Waals surface area contributed by atoms with Crippen LogP contribution in [0.15, 0.2) is 72.9 Å². The number of hydrogen-bond donors (Lipinski definition) is 2. The van der Waals surface area contributed by atoms with Crippen molar-refractivity contribution in [3.05, 3.63) is 94.9 Å². The van der Waals surface area contributed by atoms with Crippen LogP contribution < -0.4 is 11.1 Å². The van der Waals surface area contributed by atoms with E-state index in [0.29, 0.717) is 17.1 Å². The van der Waals surface area contributed by atoms with Crippen molar-refractivity contribution in [2.24, 2.45) is 5.73 Å². The van der Waals surface area contributed by atoms with Crippen molar-refractivity contribution in [1.29, 1.82) is 0 Å². The standard InChI is InChI=1S/C25H21ClFN3/c26-21-15-29-23-10-7-17(16-5-8-19(9-6-16)25(28)11-12-25)13-20(23)24(21)30-14-18-3-1-2-4-22(18)27/h1-10,13,15H,11-12,14,28H2,(H,29,30). The van der Waals surface area contributed by atoms with Crippen LogP contribution in [0.5, 0.6) is 0 Å². The number of anilines is 1. The molecule has 0 aliphatic heterocycles. The predicted octanol–water partition coefficient (Wildman–Crippen LogP) is 6.25. The molecule has 0 radical (unpaired) electrons. The normalized spacial score (nSPS) is 14.6. The van der Waals surface area contributed by atoms with Gasteiger partial charge in [-0.15, -0.1) is 0 Å². The topological polar surface area (TPSA) is 50.9 Å². The third kappa shape index (κ3) is 3.53. The Hall–Kier alpha value is -2.95. The lowest BCUT2D eigenvalue weighted by Gasteiger charge is -2.14. The molecule has 5 heteroatoms. The number of benzene rings is 3. The van der Waals surface area contributed by atoms with Crippen LogP contribution in [-0.4, -0.2) is 4.98 Å². The number of nitrogens with two attached hydrogens (primary N) is 1. The van der Waals surface area contributed by atoms with E-state index in [9.17, 15) is 4.39 Å². The Morgan fingerprint density at radius 3 is 2.47 bits per heavy atom. The van der Waals surface area contributed by atoms with Crippen LogP contribution >= 0.6 is 11.6 Å². The van der Waals surface area contributed by atoms with Crippen LogP contribution in [-0.2, 0) is 12.1 Å². The first-order valence-electron chi connectivity index (χ1n) is 9.99. The molecule has 4 aromatic rings. The van der Waals surface area contributed by atoms with Crippen LogP contribution in [0.4, 0.5) is 10.1 Å². The average Bonchev–Trinajstić information content (AvgIpc) is 3.52. The van der Waals surface area contributed by atoms with Crippen LogP contribution in [0, 0.1) is 5.82 Å². The monoisotopic (exact) mass is 417 g/mol. The molecule has 3 N–H and O–H groups in total. The second-order valence-electron chi connectivity index (χ2n) is 7.89. The Morgan fingerprint density at radius 1 is 1.00 bits per heavy atom. The first kappa shape index (κ1) is 19.0. The molecule has 0 unspecified atom stereocenters. The predicted molar refractivity (Wildman–Crippen MR) is 121 cm³/mol.